The molecule has 19 heavy (non-hydrogen) atoms. The second-order valence-corrected chi connectivity index (χ2v) is 5.29. The molecule has 0 fully saturated rings. The van der Waals surface area contributed by atoms with Crippen molar-refractivity contribution in [3.05, 3.63) is 71.8 Å². The van der Waals surface area contributed by atoms with Crippen LogP contribution in [0.5, 0.6) is 0 Å². The van der Waals surface area contributed by atoms with Crippen molar-refractivity contribution in [2.45, 2.75) is 0 Å². The molecule has 90 valence electrons. The summed E-state index contributed by atoms with van der Waals surface area (Å²) in [5, 5.41) is 8.35. The second-order valence-electron chi connectivity index (χ2n) is 4.85. The lowest BCUT2D eigenvalue weighted by Crippen LogP contribution is -1.79. The van der Waals surface area contributed by atoms with E-state index in [1.54, 1.807) is 0 Å². The third-order valence-corrected chi connectivity index (χ3v) is 3.90. The van der Waals surface area contributed by atoms with Crippen LogP contribution in [0.4, 0.5) is 0 Å². The molecule has 0 N–H and O–H groups in total. The van der Waals surface area contributed by atoms with Crippen molar-refractivity contribution in [3.8, 4) is 0 Å². The zero-order valence-corrected chi connectivity index (χ0v) is 11.0. The zero-order valence-electron chi connectivity index (χ0n) is 10.2. The molecule has 0 aromatic heterocycles. The molecule has 0 aliphatic heterocycles. The first kappa shape index (κ1) is 10.8. The quantitative estimate of drug-likeness (QED) is 0.277. The van der Waals surface area contributed by atoms with Crippen LogP contribution in [-0.4, -0.2) is 0 Å². The largest absolute Gasteiger partial charge is 0.0843 e. The Labute approximate surface area is 116 Å². The van der Waals surface area contributed by atoms with E-state index >= 15 is 0 Å². The molecule has 4 aromatic carbocycles. The van der Waals surface area contributed by atoms with Crippen LogP contribution >= 0.6 is 11.6 Å². The molecule has 0 atom stereocenters. The van der Waals surface area contributed by atoms with Gasteiger partial charge in [-0.2, -0.15) is 0 Å². The van der Waals surface area contributed by atoms with Gasteiger partial charge in [0.25, 0.3) is 0 Å². The molecule has 0 saturated heterocycles. The summed E-state index contributed by atoms with van der Waals surface area (Å²) in [6.07, 6.45) is 0. The van der Waals surface area contributed by atoms with E-state index in [0.29, 0.717) is 0 Å². The minimum atomic E-state index is 0.785. The zero-order chi connectivity index (χ0) is 12.8. The van der Waals surface area contributed by atoms with Gasteiger partial charge in [-0.25, -0.2) is 0 Å². The first-order chi connectivity index (χ1) is 9.31. The molecule has 0 spiro atoms. The van der Waals surface area contributed by atoms with Crippen LogP contribution in [0.1, 0.15) is 0 Å². The molecule has 0 unspecified atom stereocenters. The topological polar surface area (TPSA) is 0 Å². The van der Waals surface area contributed by atoms with Gasteiger partial charge in [0.1, 0.15) is 0 Å². The Morgan fingerprint density at radius 1 is 0.526 bits per heavy atom. The summed E-state index contributed by atoms with van der Waals surface area (Å²) in [5.41, 5.74) is 0. The lowest BCUT2D eigenvalue weighted by Gasteiger charge is -2.06. The van der Waals surface area contributed by atoms with E-state index in [9.17, 15) is 0 Å². The molecule has 1 heteroatoms. The summed E-state index contributed by atoms with van der Waals surface area (Å²) in [6, 6.07) is 23.4. The van der Waals surface area contributed by atoms with Gasteiger partial charge in [-0.3, -0.25) is 0 Å². The third-order valence-electron chi connectivity index (χ3n) is 3.66. The highest BCUT2D eigenvalue weighted by Crippen LogP contribution is 2.30. The maximum atomic E-state index is 6.06. The van der Waals surface area contributed by atoms with Crippen molar-refractivity contribution < 1.29 is 0 Å². The van der Waals surface area contributed by atoms with E-state index in [0.717, 1.165) is 5.02 Å². The molecular weight excluding hydrogens is 252 g/mol. The fourth-order valence-electron chi connectivity index (χ4n) is 2.72. The summed E-state index contributed by atoms with van der Waals surface area (Å²) < 4.78 is 0. The minimum Gasteiger partial charge on any atom is -0.0843 e. The fourth-order valence-corrected chi connectivity index (χ4v) is 2.91. The smallest absolute Gasteiger partial charge is 0.0412 e. The van der Waals surface area contributed by atoms with Gasteiger partial charge in [-0.1, -0.05) is 54.1 Å². The second kappa shape index (κ2) is 3.97. The third kappa shape index (κ3) is 1.68. The van der Waals surface area contributed by atoms with Crippen molar-refractivity contribution in [2.24, 2.45) is 0 Å². The van der Waals surface area contributed by atoms with E-state index in [1.807, 2.05) is 12.1 Å². The Kier molecular flexibility index (Phi) is 2.27. The Morgan fingerprint density at radius 2 is 1.32 bits per heavy atom. The average Bonchev–Trinajstić information content (AvgIpc) is 2.45. The van der Waals surface area contributed by atoms with Gasteiger partial charge in [0, 0.05) is 5.02 Å². The van der Waals surface area contributed by atoms with Crippen molar-refractivity contribution in [1.82, 2.24) is 0 Å². The molecule has 0 radical (unpaired) electrons. The summed E-state index contributed by atoms with van der Waals surface area (Å²) in [6.45, 7) is 0. The predicted molar refractivity (Wildman–Crippen MR) is 84.0 cm³/mol. The van der Waals surface area contributed by atoms with Gasteiger partial charge >= 0.3 is 0 Å². The Morgan fingerprint density at radius 3 is 2.26 bits per heavy atom. The molecule has 4 aromatic rings. The maximum Gasteiger partial charge on any atom is 0.0412 e. The highest BCUT2D eigenvalue weighted by molar-refractivity contribution is 6.31. The molecule has 0 nitrogen and oxygen atoms in total. The van der Waals surface area contributed by atoms with Crippen LogP contribution in [0.25, 0.3) is 32.3 Å². The van der Waals surface area contributed by atoms with Crippen LogP contribution in [-0.2, 0) is 0 Å². The van der Waals surface area contributed by atoms with Crippen molar-refractivity contribution in [2.75, 3.05) is 0 Å². The number of hydrogen-bond donors (Lipinski definition) is 0. The predicted octanol–water partition coefficient (Wildman–Crippen LogP) is 5.80. The summed E-state index contributed by atoms with van der Waals surface area (Å²) in [7, 11) is 0. The molecule has 0 aliphatic carbocycles. The highest BCUT2D eigenvalue weighted by Gasteiger charge is 2.02. The average molecular weight is 263 g/mol. The monoisotopic (exact) mass is 262 g/mol. The van der Waals surface area contributed by atoms with Crippen molar-refractivity contribution in [1.29, 1.82) is 0 Å². The molecular formula is C18H11Cl. The molecule has 4 rings (SSSR count). The number of halogens is 1. The van der Waals surface area contributed by atoms with E-state index in [-0.39, 0.29) is 0 Å². The number of hydrogen-bond acceptors (Lipinski definition) is 0. The van der Waals surface area contributed by atoms with Crippen molar-refractivity contribution in [3.63, 3.8) is 0 Å². The van der Waals surface area contributed by atoms with Crippen molar-refractivity contribution >= 4 is 43.9 Å². The normalized spacial score (nSPS) is 11.4. The number of fused-ring (bicyclic) bond motifs is 4. The van der Waals surface area contributed by atoms with E-state index in [2.05, 4.69) is 54.6 Å². The summed E-state index contributed by atoms with van der Waals surface area (Å²) in [4.78, 5) is 0. The van der Waals surface area contributed by atoms with Crippen LogP contribution in [0, 0.1) is 0 Å². The van der Waals surface area contributed by atoms with E-state index in [4.69, 9.17) is 11.6 Å². The van der Waals surface area contributed by atoms with Gasteiger partial charge in [0.2, 0.25) is 0 Å². The maximum absolute atomic E-state index is 6.06. The van der Waals surface area contributed by atoms with Gasteiger partial charge < -0.3 is 0 Å². The molecule has 0 saturated carbocycles. The molecule has 0 amide bonds. The Bertz CT molecular complexity index is 922. The fraction of sp³-hybridized carbons (Fsp3) is 0. The lowest BCUT2D eigenvalue weighted by molar-refractivity contribution is 1.77. The van der Waals surface area contributed by atoms with Gasteiger partial charge in [-0.05, 0) is 56.6 Å². The standard InChI is InChI=1S/C18H11Cl/c19-16-8-7-13-11-18-14(9-15(13)10-16)6-5-12-3-1-2-4-17(12)18/h1-11H. The van der Waals surface area contributed by atoms with Crippen LogP contribution in [0.2, 0.25) is 5.02 Å². The van der Waals surface area contributed by atoms with Crippen LogP contribution in [0.15, 0.2) is 66.7 Å². The first-order valence-corrected chi connectivity index (χ1v) is 6.70. The molecule has 0 aliphatic rings. The number of rotatable bonds is 0. The van der Waals surface area contributed by atoms with Crippen LogP contribution < -0.4 is 0 Å². The highest BCUT2D eigenvalue weighted by atomic mass is 35.5. The summed E-state index contributed by atoms with van der Waals surface area (Å²) >= 11 is 6.06. The minimum absolute atomic E-state index is 0.785. The SMILES string of the molecule is Clc1ccc2cc3c(ccc4ccccc43)cc2c1. The summed E-state index contributed by atoms with van der Waals surface area (Å²) in [5.74, 6) is 0. The lowest BCUT2D eigenvalue weighted by atomic mass is 9.98. The Hall–Kier alpha value is -2.05. The van der Waals surface area contributed by atoms with E-state index < -0.39 is 0 Å². The van der Waals surface area contributed by atoms with Gasteiger partial charge in [0.15, 0.2) is 0 Å². The van der Waals surface area contributed by atoms with Gasteiger partial charge in [-0.15, -0.1) is 0 Å². The van der Waals surface area contributed by atoms with E-state index in [1.165, 1.54) is 32.3 Å². The Balaban J connectivity index is 2.22. The van der Waals surface area contributed by atoms with Gasteiger partial charge in [0.05, 0.1) is 0 Å². The number of benzene rings is 4. The molecule has 0 heterocycles. The first-order valence-electron chi connectivity index (χ1n) is 6.32. The molecule has 0 bridgehead atoms. The van der Waals surface area contributed by atoms with Crippen LogP contribution in [0.3, 0.4) is 0 Å².